The lowest BCUT2D eigenvalue weighted by Gasteiger charge is -2.42. The SMILES string of the molecule is CC(C)(C)OC(=O)N1CCN(C(=O)OCc2ccc(Cl)cc2)[C@H]2COC[C@H]21. The molecular weight excluding hydrogens is 372 g/mol. The number of halogens is 1. The zero-order chi connectivity index (χ0) is 19.6. The third-order valence-electron chi connectivity index (χ3n) is 4.54. The number of fused-ring (bicyclic) bond motifs is 1. The highest BCUT2D eigenvalue weighted by molar-refractivity contribution is 6.30. The first kappa shape index (κ1) is 19.8. The molecule has 2 aliphatic heterocycles. The molecule has 148 valence electrons. The maximum absolute atomic E-state index is 12.6. The third-order valence-corrected chi connectivity index (χ3v) is 4.79. The van der Waals surface area contributed by atoms with Crippen molar-refractivity contribution in [3.05, 3.63) is 34.9 Å². The van der Waals surface area contributed by atoms with Crippen LogP contribution in [0.3, 0.4) is 0 Å². The van der Waals surface area contributed by atoms with Crippen molar-refractivity contribution in [2.75, 3.05) is 26.3 Å². The lowest BCUT2D eigenvalue weighted by atomic mass is 10.1. The Hall–Kier alpha value is -1.99. The van der Waals surface area contributed by atoms with E-state index in [0.717, 1.165) is 5.56 Å². The van der Waals surface area contributed by atoms with Gasteiger partial charge in [-0.05, 0) is 38.5 Å². The first-order valence-corrected chi connectivity index (χ1v) is 9.37. The van der Waals surface area contributed by atoms with E-state index in [1.54, 1.807) is 21.9 Å². The molecule has 1 aromatic rings. The monoisotopic (exact) mass is 396 g/mol. The first-order chi connectivity index (χ1) is 12.7. The van der Waals surface area contributed by atoms with Crippen molar-refractivity contribution in [2.24, 2.45) is 0 Å². The number of amides is 2. The fourth-order valence-electron chi connectivity index (χ4n) is 3.26. The van der Waals surface area contributed by atoms with Gasteiger partial charge in [0.25, 0.3) is 0 Å². The molecular formula is C19H25ClN2O5. The molecule has 0 spiro atoms. The summed E-state index contributed by atoms with van der Waals surface area (Å²) < 4.78 is 16.5. The Bertz CT molecular complexity index is 688. The zero-order valence-electron chi connectivity index (χ0n) is 15.8. The number of hydrogen-bond acceptors (Lipinski definition) is 5. The second-order valence-electron chi connectivity index (χ2n) is 7.72. The van der Waals surface area contributed by atoms with Crippen molar-refractivity contribution >= 4 is 23.8 Å². The number of nitrogens with zero attached hydrogens (tertiary/aromatic N) is 2. The maximum Gasteiger partial charge on any atom is 0.410 e. The Morgan fingerprint density at radius 2 is 1.63 bits per heavy atom. The molecule has 0 N–H and O–H groups in total. The Balaban J connectivity index is 1.60. The molecule has 8 heteroatoms. The molecule has 2 atom stereocenters. The predicted octanol–water partition coefficient (Wildman–Crippen LogP) is 3.30. The molecule has 2 amide bonds. The second kappa shape index (κ2) is 7.94. The molecule has 0 aromatic heterocycles. The maximum atomic E-state index is 12.6. The van der Waals surface area contributed by atoms with Gasteiger partial charge in [0.1, 0.15) is 12.2 Å². The van der Waals surface area contributed by atoms with Gasteiger partial charge in [-0.3, -0.25) is 9.80 Å². The highest BCUT2D eigenvalue weighted by Crippen LogP contribution is 2.26. The van der Waals surface area contributed by atoms with E-state index in [1.807, 2.05) is 32.9 Å². The Morgan fingerprint density at radius 1 is 1.07 bits per heavy atom. The molecule has 1 aromatic carbocycles. The minimum atomic E-state index is -0.569. The van der Waals surface area contributed by atoms with Crippen LogP contribution in [-0.2, 0) is 20.8 Å². The van der Waals surface area contributed by atoms with Gasteiger partial charge < -0.3 is 14.2 Å². The lowest BCUT2D eigenvalue weighted by molar-refractivity contribution is -0.0109. The minimum absolute atomic E-state index is 0.167. The van der Waals surface area contributed by atoms with E-state index in [4.69, 9.17) is 25.8 Å². The van der Waals surface area contributed by atoms with Crippen molar-refractivity contribution in [1.29, 1.82) is 0 Å². The number of ether oxygens (including phenoxy) is 3. The molecule has 2 fully saturated rings. The molecule has 7 nitrogen and oxygen atoms in total. The van der Waals surface area contributed by atoms with Crippen LogP contribution in [0.4, 0.5) is 9.59 Å². The number of carbonyl (C=O) groups is 2. The van der Waals surface area contributed by atoms with Gasteiger partial charge in [0.05, 0.1) is 25.3 Å². The van der Waals surface area contributed by atoms with Crippen LogP contribution in [0.5, 0.6) is 0 Å². The van der Waals surface area contributed by atoms with Crippen LogP contribution < -0.4 is 0 Å². The van der Waals surface area contributed by atoms with Crippen LogP contribution >= 0.6 is 11.6 Å². The predicted molar refractivity (Wildman–Crippen MR) is 99.7 cm³/mol. The molecule has 0 radical (unpaired) electrons. The normalized spacial score (nSPS) is 22.4. The summed E-state index contributed by atoms with van der Waals surface area (Å²) in [6, 6.07) is 6.69. The number of benzene rings is 1. The average molecular weight is 397 g/mol. The molecule has 0 aliphatic carbocycles. The van der Waals surface area contributed by atoms with Gasteiger partial charge in [0.2, 0.25) is 0 Å². The Kier molecular flexibility index (Phi) is 5.81. The van der Waals surface area contributed by atoms with Gasteiger partial charge in [-0.1, -0.05) is 23.7 Å². The topological polar surface area (TPSA) is 68.3 Å². The average Bonchev–Trinajstić information content (AvgIpc) is 3.08. The van der Waals surface area contributed by atoms with Gasteiger partial charge in [0.15, 0.2) is 0 Å². The summed E-state index contributed by atoms with van der Waals surface area (Å²) in [7, 11) is 0. The summed E-state index contributed by atoms with van der Waals surface area (Å²) in [5.74, 6) is 0. The van der Waals surface area contributed by atoms with E-state index in [9.17, 15) is 9.59 Å². The first-order valence-electron chi connectivity index (χ1n) is 9.00. The zero-order valence-corrected chi connectivity index (χ0v) is 16.6. The van der Waals surface area contributed by atoms with Crippen molar-refractivity contribution in [2.45, 2.75) is 45.1 Å². The minimum Gasteiger partial charge on any atom is -0.445 e. The van der Waals surface area contributed by atoms with Crippen molar-refractivity contribution in [1.82, 2.24) is 9.80 Å². The smallest absolute Gasteiger partial charge is 0.410 e. The molecule has 2 heterocycles. The lowest BCUT2D eigenvalue weighted by Crippen LogP contribution is -2.62. The highest BCUT2D eigenvalue weighted by atomic mass is 35.5. The Labute approximate surface area is 164 Å². The molecule has 2 saturated heterocycles. The summed E-state index contributed by atoms with van der Waals surface area (Å²) in [5, 5.41) is 0.634. The number of rotatable bonds is 2. The third kappa shape index (κ3) is 4.84. The van der Waals surface area contributed by atoms with Gasteiger partial charge in [-0.15, -0.1) is 0 Å². The number of carbonyl (C=O) groups excluding carboxylic acids is 2. The molecule has 0 unspecified atom stereocenters. The summed E-state index contributed by atoms with van der Waals surface area (Å²) >= 11 is 5.86. The van der Waals surface area contributed by atoms with Crippen LogP contribution in [0.1, 0.15) is 26.3 Å². The van der Waals surface area contributed by atoms with Crippen molar-refractivity contribution in [3.63, 3.8) is 0 Å². The summed E-state index contributed by atoms with van der Waals surface area (Å²) in [6.45, 7) is 7.18. The summed E-state index contributed by atoms with van der Waals surface area (Å²) in [6.07, 6.45) is -0.786. The molecule has 0 saturated carbocycles. The quantitative estimate of drug-likeness (QED) is 0.767. The van der Waals surface area contributed by atoms with Crippen LogP contribution in [0.25, 0.3) is 0 Å². The van der Waals surface area contributed by atoms with Gasteiger partial charge >= 0.3 is 12.2 Å². The van der Waals surface area contributed by atoms with E-state index < -0.39 is 11.7 Å². The van der Waals surface area contributed by atoms with Crippen LogP contribution in [0, 0.1) is 0 Å². The van der Waals surface area contributed by atoms with Crippen LogP contribution in [0.15, 0.2) is 24.3 Å². The standard InChI is InChI=1S/C19H25ClN2O5/c1-19(2,3)27-18(24)22-9-8-21(15-11-25-12-16(15)22)17(23)26-10-13-4-6-14(20)7-5-13/h4-7,15-16H,8-12H2,1-3H3/t15-,16+/m0/s1. The van der Waals surface area contributed by atoms with Gasteiger partial charge in [-0.2, -0.15) is 0 Å². The number of piperazine rings is 1. The fourth-order valence-corrected chi connectivity index (χ4v) is 3.38. The molecule has 0 bridgehead atoms. The van der Waals surface area contributed by atoms with E-state index in [1.165, 1.54) is 0 Å². The van der Waals surface area contributed by atoms with Gasteiger partial charge in [0, 0.05) is 18.1 Å². The van der Waals surface area contributed by atoms with E-state index >= 15 is 0 Å². The molecule has 27 heavy (non-hydrogen) atoms. The Morgan fingerprint density at radius 3 is 2.19 bits per heavy atom. The summed E-state index contributed by atoms with van der Waals surface area (Å²) in [4.78, 5) is 28.4. The van der Waals surface area contributed by atoms with E-state index in [2.05, 4.69) is 0 Å². The van der Waals surface area contributed by atoms with E-state index in [-0.39, 0.29) is 24.8 Å². The van der Waals surface area contributed by atoms with Crippen molar-refractivity contribution in [3.8, 4) is 0 Å². The van der Waals surface area contributed by atoms with Crippen LogP contribution in [0.2, 0.25) is 5.02 Å². The van der Waals surface area contributed by atoms with Crippen molar-refractivity contribution < 1.29 is 23.8 Å². The van der Waals surface area contributed by atoms with Gasteiger partial charge in [-0.25, -0.2) is 9.59 Å². The van der Waals surface area contributed by atoms with E-state index in [0.29, 0.717) is 31.3 Å². The molecule has 3 rings (SSSR count). The fraction of sp³-hybridized carbons (Fsp3) is 0.579. The van der Waals surface area contributed by atoms with Crippen LogP contribution in [-0.4, -0.2) is 66.0 Å². The number of hydrogen-bond donors (Lipinski definition) is 0. The largest absolute Gasteiger partial charge is 0.445 e. The molecule has 2 aliphatic rings. The second-order valence-corrected chi connectivity index (χ2v) is 8.16. The highest BCUT2D eigenvalue weighted by Gasteiger charge is 2.46. The summed E-state index contributed by atoms with van der Waals surface area (Å²) in [5.41, 5.74) is 0.292.